The topological polar surface area (TPSA) is 60.2 Å². The number of hydrogen-bond donors (Lipinski definition) is 0. The molecule has 1 saturated carbocycles. The third-order valence-electron chi connectivity index (χ3n) is 5.53. The summed E-state index contributed by atoms with van der Waals surface area (Å²) in [5, 5.41) is 0. The van der Waals surface area contributed by atoms with E-state index in [-0.39, 0.29) is 5.69 Å². The Bertz CT molecular complexity index is 869. The maximum Gasteiger partial charge on any atom is 0.358 e. The van der Waals surface area contributed by atoms with E-state index in [0.29, 0.717) is 26.2 Å². The molecule has 2 aromatic heterocycles. The van der Waals surface area contributed by atoms with Crippen LogP contribution >= 0.6 is 0 Å². The highest BCUT2D eigenvalue weighted by molar-refractivity contribution is 5.86. The second-order valence-corrected chi connectivity index (χ2v) is 7.47. The molecule has 4 rings (SSSR count). The summed E-state index contributed by atoms with van der Waals surface area (Å²) in [6.07, 6.45) is 5.01. The first kappa shape index (κ1) is 18.8. The Morgan fingerprint density at radius 1 is 1.29 bits per heavy atom. The summed E-state index contributed by atoms with van der Waals surface area (Å²) in [5.74, 6) is -3.19. The van der Waals surface area contributed by atoms with Crippen molar-refractivity contribution in [3.63, 3.8) is 0 Å². The van der Waals surface area contributed by atoms with Crippen LogP contribution in [0.1, 0.15) is 42.0 Å². The van der Waals surface area contributed by atoms with E-state index in [1.165, 1.54) is 0 Å². The Morgan fingerprint density at radius 3 is 2.71 bits per heavy atom. The molecule has 0 bridgehead atoms. The summed E-state index contributed by atoms with van der Waals surface area (Å²) in [6.45, 7) is 5.43. The first-order chi connectivity index (χ1) is 13.4. The van der Waals surface area contributed by atoms with Crippen molar-refractivity contribution in [1.82, 2.24) is 14.5 Å². The van der Waals surface area contributed by atoms with Crippen molar-refractivity contribution < 1.29 is 18.3 Å². The number of ether oxygens (including phenoxy) is 1. The number of piperidine rings is 1. The predicted octanol–water partition coefficient (Wildman–Crippen LogP) is 3.16. The van der Waals surface area contributed by atoms with Gasteiger partial charge < -0.3 is 14.2 Å². The highest BCUT2D eigenvalue weighted by Gasteiger charge is 2.71. The highest BCUT2D eigenvalue weighted by Crippen LogP contribution is 2.59. The van der Waals surface area contributed by atoms with Crippen molar-refractivity contribution in [1.29, 1.82) is 0 Å². The van der Waals surface area contributed by atoms with Gasteiger partial charge in [0.25, 0.3) is 5.92 Å². The highest BCUT2D eigenvalue weighted by atomic mass is 19.3. The van der Waals surface area contributed by atoms with Gasteiger partial charge in [-0.3, -0.25) is 0 Å². The molecule has 1 aliphatic carbocycles. The van der Waals surface area contributed by atoms with Crippen molar-refractivity contribution in [3.8, 4) is 0 Å². The zero-order valence-electron chi connectivity index (χ0n) is 16.1. The fourth-order valence-corrected chi connectivity index (χ4v) is 3.94. The first-order valence-corrected chi connectivity index (χ1v) is 9.74. The Balaban J connectivity index is 1.49. The summed E-state index contributed by atoms with van der Waals surface area (Å²) in [6, 6.07) is 3.90. The van der Waals surface area contributed by atoms with Gasteiger partial charge in [-0.1, -0.05) is 19.4 Å². The van der Waals surface area contributed by atoms with Crippen molar-refractivity contribution >= 4 is 11.8 Å². The molecular weight excluding hydrogens is 366 g/mol. The summed E-state index contributed by atoms with van der Waals surface area (Å²) in [5.41, 5.74) is 2.27. The van der Waals surface area contributed by atoms with Crippen LogP contribution in [0.5, 0.6) is 0 Å². The molecule has 2 fully saturated rings. The van der Waals surface area contributed by atoms with Crippen molar-refractivity contribution in [2.24, 2.45) is 11.8 Å². The molecular formula is C20H24F2N4O2. The van der Waals surface area contributed by atoms with E-state index in [1.54, 1.807) is 19.4 Å². The van der Waals surface area contributed by atoms with Gasteiger partial charge in [-0.25, -0.2) is 23.5 Å². The number of aromatic nitrogens is 3. The number of alkyl halides is 2. The summed E-state index contributed by atoms with van der Waals surface area (Å²) in [4.78, 5) is 22.6. The van der Waals surface area contributed by atoms with Gasteiger partial charge >= 0.3 is 5.97 Å². The van der Waals surface area contributed by atoms with Crippen LogP contribution in [-0.4, -0.2) is 46.1 Å². The normalized spacial score (nSPS) is 22.2. The predicted molar refractivity (Wildman–Crippen MR) is 99.7 cm³/mol. The Morgan fingerprint density at radius 2 is 2.04 bits per heavy atom. The molecule has 1 saturated heterocycles. The van der Waals surface area contributed by atoms with Gasteiger partial charge in [0.2, 0.25) is 0 Å². The first-order valence-electron chi connectivity index (χ1n) is 9.74. The van der Waals surface area contributed by atoms with Crippen LogP contribution < -0.4 is 4.90 Å². The molecule has 0 N–H and O–H groups in total. The minimum atomic E-state index is -2.49. The molecule has 150 valence electrons. The number of carbonyl (C=O) groups is 1. The number of anilines is 1. The number of imidazole rings is 1. The monoisotopic (exact) mass is 390 g/mol. The Labute approximate surface area is 162 Å². The smallest absolute Gasteiger partial charge is 0.358 e. The minimum absolute atomic E-state index is 0.278. The van der Waals surface area contributed by atoms with Crippen LogP contribution in [0.15, 0.2) is 24.7 Å². The largest absolute Gasteiger partial charge is 0.461 e. The fraction of sp³-hybridized carbons (Fsp3) is 0.550. The number of halogens is 2. The second-order valence-electron chi connectivity index (χ2n) is 7.47. The third kappa shape index (κ3) is 3.36. The SMILES string of the molecule is CCCc1nc(N2CC3C(C2)C3(F)F)ccc1Cn1cnc(C(=O)OCC)c1. The van der Waals surface area contributed by atoms with Gasteiger partial charge in [-0.15, -0.1) is 0 Å². The molecule has 6 nitrogen and oxygen atoms in total. The molecule has 2 aliphatic rings. The lowest BCUT2D eigenvalue weighted by molar-refractivity contribution is 0.0520. The van der Waals surface area contributed by atoms with E-state index < -0.39 is 23.7 Å². The molecule has 1 aliphatic heterocycles. The molecule has 0 radical (unpaired) electrons. The maximum atomic E-state index is 13.5. The van der Waals surface area contributed by atoms with Crippen LogP contribution in [-0.2, 0) is 17.7 Å². The number of pyridine rings is 1. The minimum Gasteiger partial charge on any atom is -0.461 e. The number of aryl methyl sites for hydroxylation is 1. The molecule has 0 aromatic carbocycles. The van der Waals surface area contributed by atoms with E-state index in [1.807, 2.05) is 21.6 Å². The summed E-state index contributed by atoms with van der Waals surface area (Å²) in [7, 11) is 0. The van der Waals surface area contributed by atoms with Gasteiger partial charge in [0.1, 0.15) is 5.82 Å². The lowest BCUT2D eigenvalue weighted by Crippen LogP contribution is -2.28. The lowest BCUT2D eigenvalue weighted by atomic mass is 10.1. The average molecular weight is 390 g/mol. The molecule has 0 spiro atoms. The molecule has 8 heteroatoms. The van der Waals surface area contributed by atoms with Crippen LogP contribution in [0.3, 0.4) is 0 Å². The molecule has 3 heterocycles. The van der Waals surface area contributed by atoms with Gasteiger partial charge in [0, 0.05) is 25.0 Å². The second kappa shape index (κ2) is 7.14. The maximum absolute atomic E-state index is 13.5. The van der Waals surface area contributed by atoms with Gasteiger partial charge in [-0.05, 0) is 25.0 Å². The van der Waals surface area contributed by atoms with Crippen LogP contribution in [0.25, 0.3) is 0 Å². The lowest BCUT2D eigenvalue weighted by Gasteiger charge is -2.22. The third-order valence-corrected chi connectivity index (χ3v) is 5.53. The molecule has 0 amide bonds. The Kier molecular flexibility index (Phi) is 4.81. The molecule has 2 atom stereocenters. The number of rotatable bonds is 7. The van der Waals surface area contributed by atoms with Crippen LogP contribution in [0.2, 0.25) is 0 Å². The summed E-state index contributed by atoms with van der Waals surface area (Å²) >= 11 is 0. The van der Waals surface area contributed by atoms with Gasteiger partial charge in [0.15, 0.2) is 5.69 Å². The van der Waals surface area contributed by atoms with Crippen molar-refractivity contribution in [2.45, 2.75) is 39.2 Å². The van der Waals surface area contributed by atoms with E-state index in [2.05, 4.69) is 11.9 Å². The van der Waals surface area contributed by atoms with Crippen molar-refractivity contribution in [2.75, 3.05) is 24.6 Å². The summed E-state index contributed by atoms with van der Waals surface area (Å²) < 4.78 is 33.7. The number of carbonyl (C=O) groups excluding carboxylic acids is 1. The Hall–Kier alpha value is -2.51. The van der Waals surface area contributed by atoms with Gasteiger partial charge in [-0.2, -0.15) is 0 Å². The van der Waals surface area contributed by atoms with Crippen LogP contribution in [0, 0.1) is 11.8 Å². The number of fused-ring (bicyclic) bond motifs is 1. The average Bonchev–Trinajstić information content (AvgIpc) is 3.13. The zero-order valence-corrected chi connectivity index (χ0v) is 16.1. The quantitative estimate of drug-likeness (QED) is 0.680. The van der Waals surface area contributed by atoms with Crippen molar-refractivity contribution in [3.05, 3.63) is 41.6 Å². The number of esters is 1. The standard InChI is InChI=1S/C20H24F2N4O2/c1-3-5-16-13(8-25-11-17(23-12-25)19(27)28-4-2)6-7-18(24-16)26-9-14-15(10-26)20(14,21)22/h6-7,11-12,14-15H,3-5,8-10H2,1-2H3. The molecule has 28 heavy (non-hydrogen) atoms. The number of nitrogens with zero attached hydrogens (tertiary/aromatic N) is 4. The van der Waals surface area contributed by atoms with Gasteiger partial charge in [0.05, 0.1) is 31.3 Å². The van der Waals surface area contributed by atoms with E-state index in [9.17, 15) is 13.6 Å². The van der Waals surface area contributed by atoms with E-state index in [4.69, 9.17) is 9.72 Å². The van der Waals surface area contributed by atoms with E-state index in [0.717, 1.165) is 29.9 Å². The fourth-order valence-electron chi connectivity index (χ4n) is 3.94. The zero-order chi connectivity index (χ0) is 19.9. The van der Waals surface area contributed by atoms with Crippen LogP contribution in [0.4, 0.5) is 14.6 Å². The molecule has 2 aromatic rings. The van der Waals surface area contributed by atoms with E-state index >= 15 is 0 Å². The number of hydrogen-bond acceptors (Lipinski definition) is 5. The molecule has 2 unspecified atom stereocenters.